The SMILES string of the molecule is Cc1cc2c(NC(=O)c3ccc4ccccc4n3)cccc2nn1. The molecule has 0 saturated carbocycles. The first-order valence-electron chi connectivity index (χ1n) is 7.61. The number of aromatic nitrogens is 3. The van der Waals surface area contributed by atoms with E-state index in [0.717, 1.165) is 27.5 Å². The van der Waals surface area contributed by atoms with Crippen molar-refractivity contribution >= 4 is 33.4 Å². The van der Waals surface area contributed by atoms with Crippen LogP contribution >= 0.6 is 0 Å². The lowest BCUT2D eigenvalue weighted by Crippen LogP contribution is -2.14. The maximum atomic E-state index is 12.6. The minimum absolute atomic E-state index is 0.247. The number of nitrogens with zero attached hydrogens (tertiary/aromatic N) is 3. The largest absolute Gasteiger partial charge is 0.320 e. The zero-order valence-electron chi connectivity index (χ0n) is 13.0. The highest BCUT2D eigenvalue weighted by atomic mass is 16.1. The summed E-state index contributed by atoms with van der Waals surface area (Å²) in [6, 6.07) is 18.8. The van der Waals surface area contributed by atoms with Crippen molar-refractivity contribution in [3.63, 3.8) is 0 Å². The van der Waals surface area contributed by atoms with E-state index in [1.807, 2.05) is 61.5 Å². The molecule has 0 saturated heterocycles. The fourth-order valence-electron chi connectivity index (χ4n) is 2.65. The Hall–Kier alpha value is -3.34. The third-order valence-electron chi connectivity index (χ3n) is 3.83. The van der Waals surface area contributed by atoms with E-state index < -0.39 is 0 Å². The second-order valence-corrected chi connectivity index (χ2v) is 5.57. The molecule has 24 heavy (non-hydrogen) atoms. The predicted molar refractivity (Wildman–Crippen MR) is 94.0 cm³/mol. The number of rotatable bonds is 2. The lowest BCUT2D eigenvalue weighted by Gasteiger charge is -2.08. The first-order chi connectivity index (χ1) is 11.7. The van der Waals surface area contributed by atoms with Gasteiger partial charge in [0.25, 0.3) is 5.91 Å². The number of benzene rings is 2. The molecule has 4 aromatic rings. The molecule has 116 valence electrons. The molecule has 0 bridgehead atoms. The minimum atomic E-state index is -0.247. The van der Waals surface area contributed by atoms with Gasteiger partial charge in [-0.1, -0.05) is 30.3 Å². The molecule has 0 radical (unpaired) electrons. The van der Waals surface area contributed by atoms with Crippen molar-refractivity contribution in [2.45, 2.75) is 6.92 Å². The van der Waals surface area contributed by atoms with Gasteiger partial charge in [-0.05, 0) is 37.3 Å². The summed E-state index contributed by atoms with van der Waals surface area (Å²) in [6.07, 6.45) is 0. The van der Waals surface area contributed by atoms with E-state index in [1.54, 1.807) is 6.07 Å². The molecule has 0 aliphatic heterocycles. The van der Waals surface area contributed by atoms with Crippen LogP contribution < -0.4 is 5.32 Å². The fraction of sp³-hybridized carbons (Fsp3) is 0.0526. The lowest BCUT2D eigenvalue weighted by molar-refractivity contribution is 0.102. The topological polar surface area (TPSA) is 67.8 Å². The number of carbonyl (C=O) groups is 1. The Morgan fingerprint density at radius 1 is 0.917 bits per heavy atom. The third-order valence-corrected chi connectivity index (χ3v) is 3.83. The van der Waals surface area contributed by atoms with Gasteiger partial charge in [0, 0.05) is 10.8 Å². The average molecular weight is 314 g/mol. The second kappa shape index (κ2) is 5.70. The first kappa shape index (κ1) is 14.3. The third kappa shape index (κ3) is 2.56. The van der Waals surface area contributed by atoms with Gasteiger partial charge in [-0.15, -0.1) is 0 Å². The zero-order valence-corrected chi connectivity index (χ0v) is 13.0. The van der Waals surface area contributed by atoms with Crippen molar-refractivity contribution in [3.05, 3.63) is 72.1 Å². The summed E-state index contributed by atoms with van der Waals surface area (Å²) in [5, 5.41) is 13.0. The normalized spacial score (nSPS) is 10.9. The van der Waals surface area contributed by atoms with Crippen molar-refractivity contribution < 1.29 is 4.79 Å². The highest BCUT2D eigenvalue weighted by Gasteiger charge is 2.11. The Morgan fingerprint density at radius 2 is 1.75 bits per heavy atom. The van der Waals surface area contributed by atoms with Gasteiger partial charge in [0.15, 0.2) is 0 Å². The van der Waals surface area contributed by atoms with Crippen LogP contribution in [0.4, 0.5) is 5.69 Å². The van der Waals surface area contributed by atoms with Crippen molar-refractivity contribution in [2.24, 2.45) is 0 Å². The molecule has 0 aliphatic carbocycles. The molecule has 1 N–H and O–H groups in total. The minimum Gasteiger partial charge on any atom is -0.320 e. The van der Waals surface area contributed by atoms with Gasteiger partial charge in [0.05, 0.1) is 22.4 Å². The number of carbonyl (C=O) groups excluding carboxylic acids is 1. The molecule has 0 atom stereocenters. The van der Waals surface area contributed by atoms with E-state index in [1.165, 1.54) is 0 Å². The van der Waals surface area contributed by atoms with Crippen molar-refractivity contribution in [1.82, 2.24) is 15.2 Å². The van der Waals surface area contributed by atoms with Gasteiger partial charge in [0.2, 0.25) is 0 Å². The Morgan fingerprint density at radius 3 is 2.67 bits per heavy atom. The van der Waals surface area contributed by atoms with Crippen LogP contribution in [-0.2, 0) is 0 Å². The summed E-state index contributed by atoms with van der Waals surface area (Å²) in [5.41, 5.74) is 3.41. The van der Waals surface area contributed by atoms with Gasteiger partial charge in [-0.3, -0.25) is 4.79 Å². The number of aryl methyl sites for hydroxylation is 1. The Kier molecular flexibility index (Phi) is 3.39. The molecule has 2 heterocycles. The van der Waals surface area contributed by atoms with Crippen LogP contribution in [0.3, 0.4) is 0 Å². The van der Waals surface area contributed by atoms with Crippen molar-refractivity contribution in [1.29, 1.82) is 0 Å². The van der Waals surface area contributed by atoms with Crippen LogP contribution in [0, 0.1) is 6.92 Å². The van der Waals surface area contributed by atoms with E-state index in [0.29, 0.717) is 11.4 Å². The van der Waals surface area contributed by atoms with Crippen LogP contribution in [-0.4, -0.2) is 21.1 Å². The molecular formula is C19H14N4O. The summed E-state index contributed by atoms with van der Waals surface area (Å²) in [4.78, 5) is 17.0. The smallest absolute Gasteiger partial charge is 0.274 e. The van der Waals surface area contributed by atoms with Gasteiger partial charge < -0.3 is 5.32 Å². The summed E-state index contributed by atoms with van der Waals surface area (Å²) in [7, 11) is 0. The van der Waals surface area contributed by atoms with Gasteiger partial charge in [-0.25, -0.2) is 4.98 Å². The standard InChI is InChI=1S/C19H14N4O/c1-12-11-14-16(7-4-8-17(14)23-22-12)21-19(24)18-10-9-13-5-2-3-6-15(13)20-18/h2-11H,1H3,(H,21,24). The number of hydrogen-bond donors (Lipinski definition) is 1. The molecule has 1 amide bonds. The molecule has 5 nitrogen and oxygen atoms in total. The average Bonchev–Trinajstić information content (AvgIpc) is 2.62. The van der Waals surface area contributed by atoms with Gasteiger partial charge in [-0.2, -0.15) is 10.2 Å². The van der Waals surface area contributed by atoms with E-state index >= 15 is 0 Å². The van der Waals surface area contributed by atoms with E-state index in [2.05, 4.69) is 20.5 Å². The van der Waals surface area contributed by atoms with E-state index in [9.17, 15) is 4.79 Å². The highest BCUT2D eigenvalue weighted by Crippen LogP contribution is 2.22. The second-order valence-electron chi connectivity index (χ2n) is 5.57. The quantitative estimate of drug-likeness (QED) is 0.612. The fourth-order valence-corrected chi connectivity index (χ4v) is 2.65. The number of fused-ring (bicyclic) bond motifs is 2. The molecular weight excluding hydrogens is 300 g/mol. The van der Waals surface area contributed by atoms with Crippen LogP contribution in [0.5, 0.6) is 0 Å². The Balaban J connectivity index is 1.71. The number of pyridine rings is 1. The number of nitrogens with one attached hydrogen (secondary N) is 1. The Labute approximate surface area is 138 Å². The van der Waals surface area contributed by atoms with Crippen LogP contribution in [0.1, 0.15) is 16.2 Å². The molecule has 4 rings (SSSR count). The van der Waals surface area contributed by atoms with Crippen LogP contribution in [0.15, 0.2) is 60.7 Å². The molecule has 0 unspecified atom stereocenters. The molecule has 2 aromatic carbocycles. The molecule has 5 heteroatoms. The molecule has 2 aromatic heterocycles. The summed E-state index contributed by atoms with van der Waals surface area (Å²) < 4.78 is 0. The lowest BCUT2D eigenvalue weighted by atomic mass is 10.1. The molecule has 0 fully saturated rings. The van der Waals surface area contributed by atoms with Crippen LogP contribution in [0.2, 0.25) is 0 Å². The summed E-state index contributed by atoms with van der Waals surface area (Å²) in [6.45, 7) is 1.87. The zero-order chi connectivity index (χ0) is 16.5. The van der Waals surface area contributed by atoms with E-state index in [-0.39, 0.29) is 5.91 Å². The van der Waals surface area contributed by atoms with Crippen LogP contribution in [0.25, 0.3) is 21.8 Å². The maximum Gasteiger partial charge on any atom is 0.274 e. The first-order valence-corrected chi connectivity index (χ1v) is 7.61. The Bertz CT molecular complexity index is 1080. The summed E-state index contributed by atoms with van der Waals surface area (Å²) >= 11 is 0. The highest BCUT2D eigenvalue weighted by molar-refractivity contribution is 6.08. The van der Waals surface area contributed by atoms with Crippen molar-refractivity contribution in [2.75, 3.05) is 5.32 Å². The maximum absolute atomic E-state index is 12.6. The molecule has 0 aliphatic rings. The summed E-state index contributed by atoms with van der Waals surface area (Å²) in [5.74, 6) is -0.247. The number of hydrogen-bond acceptors (Lipinski definition) is 4. The van der Waals surface area contributed by atoms with Crippen molar-refractivity contribution in [3.8, 4) is 0 Å². The molecule has 0 spiro atoms. The van der Waals surface area contributed by atoms with E-state index in [4.69, 9.17) is 0 Å². The number of para-hydroxylation sites is 1. The number of anilines is 1. The van der Waals surface area contributed by atoms with Gasteiger partial charge in [0.1, 0.15) is 5.69 Å². The monoisotopic (exact) mass is 314 g/mol. The number of amides is 1. The van der Waals surface area contributed by atoms with Gasteiger partial charge >= 0.3 is 0 Å². The predicted octanol–water partition coefficient (Wildman–Crippen LogP) is 3.74.